The lowest BCUT2D eigenvalue weighted by Crippen LogP contribution is -2.23. The summed E-state index contributed by atoms with van der Waals surface area (Å²) in [7, 11) is 0. The molecule has 0 saturated heterocycles. The highest BCUT2D eigenvalue weighted by atomic mass is 32.1. The van der Waals surface area contributed by atoms with Crippen molar-refractivity contribution in [3.05, 3.63) is 80.6 Å². The second kappa shape index (κ2) is 5.61. The van der Waals surface area contributed by atoms with Crippen molar-refractivity contribution in [2.24, 2.45) is 0 Å². The van der Waals surface area contributed by atoms with E-state index in [1.165, 1.54) is 40.1 Å². The summed E-state index contributed by atoms with van der Waals surface area (Å²) in [6, 6.07) is 11.7. The Morgan fingerprint density at radius 3 is 2.54 bits per heavy atom. The Balaban J connectivity index is 1.81. The molecule has 0 aliphatic carbocycles. The second-order valence-corrected chi connectivity index (χ2v) is 6.12. The maximum Gasteiger partial charge on any atom is 0.291 e. The average molecular weight is 341 g/mol. The fraction of sp³-hybridized carbons (Fsp3) is 0. The molecule has 0 N–H and O–H groups in total. The standard InChI is InChI=1S/C17H9F2N3OS/c18-12-6-4-11(5-7-12)15-20-17-22(21-15)16(23)14(24-17)9-10-2-1-3-13(19)8-10/h1-9H/b14-9+. The van der Waals surface area contributed by atoms with Crippen molar-refractivity contribution in [2.45, 2.75) is 0 Å². The zero-order chi connectivity index (χ0) is 16.7. The lowest BCUT2D eigenvalue weighted by atomic mass is 10.2. The Hall–Kier alpha value is -2.93. The summed E-state index contributed by atoms with van der Waals surface area (Å²) in [5.74, 6) is -0.360. The van der Waals surface area contributed by atoms with E-state index in [1.807, 2.05) is 0 Å². The molecule has 2 aromatic carbocycles. The first-order chi connectivity index (χ1) is 11.6. The largest absolute Gasteiger partial charge is 0.291 e. The van der Waals surface area contributed by atoms with E-state index in [9.17, 15) is 13.6 Å². The third-order valence-electron chi connectivity index (χ3n) is 3.43. The zero-order valence-electron chi connectivity index (χ0n) is 12.1. The highest BCUT2D eigenvalue weighted by molar-refractivity contribution is 7.15. The molecule has 0 bridgehead atoms. The maximum absolute atomic E-state index is 13.2. The van der Waals surface area contributed by atoms with Crippen molar-refractivity contribution in [1.29, 1.82) is 0 Å². The average Bonchev–Trinajstić information content (AvgIpc) is 3.09. The van der Waals surface area contributed by atoms with E-state index >= 15 is 0 Å². The molecule has 0 atom stereocenters. The molecule has 7 heteroatoms. The lowest BCUT2D eigenvalue weighted by molar-refractivity contribution is 0.627. The molecule has 0 spiro atoms. The maximum atomic E-state index is 13.2. The number of nitrogens with zero attached hydrogens (tertiary/aromatic N) is 3. The molecule has 0 fully saturated rings. The van der Waals surface area contributed by atoms with E-state index in [4.69, 9.17) is 0 Å². The van der Waals surface area contributed by atoms with Crippen molar-refractivity contribution in [1.82, 2.24) is 14.6 Å². The summed E-state index contributed by atoms with van der Waals surface area (Å²) >= 11 is 1.17. The normalized spacial score (nSPS) is 12.2. The Morgan fingerprint density at radius 2 is 1.83 bits per heavy atom. The van der Waals surface area contributed by atoms with Gasteiger partial charge in [-0.3, -0.25) is 4.79 Å². The smallest absolute Gasteiger partial charge is 0.266 e. The van der Waals surface area contributed by atoms with Gasteiger partial charge < -0.3 is 0 Å². The van der Waals surface area contributed by atoms with Gasteiger partial charge in [0.15, 0.2) is 5.82 Å². The summed E-state index contributed by atoms with van der Waals surface area (Å²) in [5.41, 5.74) is 0.901. The zero-order valence-corrected chi connectivity index (χ0v) is 12.9. The van der Waals surface area contributed by atoms with Gasteiger partial charge in [-0.1, -0.05) is 23.5 Å². The van der Waals surface area contributed by atoms with Crippen LogP contribution in [-0.4, -0.2) is 14.6 Å². The first kappa shape index (κ1) is 14.6. The lowest BCUT2D eigenvalue weighted by Gasteiger charge is -1.93. The summed E-state index contributed by atoms with van der Waals surface area (Å²) in [4.78, 5) is 17.1. The molecule has 4 aromatic rings. The molecule has 24 heavy (non-hydrogen) atoms. The van der Waals surface area contributed by atoms with Crippen LogP contribution in [0, 0.1) is 11.6 Å². The minimum atomic E-state index is -0.366. The van der Waals surface area contributed by atoms with Crippen LogP contribution in [-0.2, 0) is 0 Å². The van der Waals surface area contributed by atoms with Gasteiger partial charge >= 0.3 is 0 Å². The summed E-state index contributed by atoms with van der Waals surface area (Å²) in [5, 5.41) is 4.18. The van der Waals surface area contributed by atoms with Crippen LogP contribution in [0.15, 0.2) is 53.3 Å². The van der Waals surface area contributed by atoms with Crippen LogP contribution in [0.3, 0.4) is 0 Å². The van der Waals surface area contributed by atoms with Crippen LogP contribution in [0.4, 0.5) is 8.78 Å². The van der Waals surface area contributed by atoms with Crippen LogP contribution in [0.1, 0.15) is 5.56 Å². The number of thiazole rings is 1. The third kappa shape index (κ3) is 2.59. The molecule has 2 aromatic heterocycles. The Labute approximate surface area is 138 Å². The summed E-state index contributed by atoms with van der Waals surface area (Å²) in [6.45, 7) is 0. The number of fused-ring (bicyclic) bond motifs is 1. The molecular formula is C17H9F2N3OS. The van der Waals surface area contributed by atoms with Gasteiger partial charge in [0.25, 0.3) is 5.56 Å². The van der Waals surface area contributed by atoms with E-state index in [2.05, 4.69) is 10.1 Å². The minimum Gasteiger partial charge on any atom is -0.266 e. The Bertz CT molecular complexity index is 1150. The van der Waals surface area contributed by atoms with E-state index < -0.39 is 0 Å². The molecule has 0 unspecified atom stereocenters. The molecule has 0 aliphatic rings. The van der Waals surface area contributed by atoms with E-state index in [0.29, 0.717) is 26.4 Å². The van der Waals surface area contributed by atoms with E-state index in [0.717, 1.165) is 0 Å². The van der Waals surface area contributed by atoms with Crippen LogP contribution in [0.25, 0.3) is 22.4 Å². The van der Waals surface area contributed by atoms with Gasteiger partial charge in [-0.2, -0.15) is 9.50 Å². The highest BCUT2D eigenvalue weighted by Gasteiger charge is 2.12. The molecule has 0 aliphatic heterocycles. The number of aromatic nitrogens is 3. The van der Waals surface area contributed by atoms with E-state index in [1.54, 1.807) is 30.3 Å². The Morgan fingerprint density at radius 1 is 1.04 bits per heavy atom. The highest BCUT2D eigenvalue weighted by Crippen LogP contribution is 2.16. The fourth-order valence-corrected chi connectivity index (χ4v) is 3.21. The van der Waals surface area contributed by atoms with Crippen LogP contribution >= 0.6 is 11.3 Å². The van der Waals surface area contributed by atoms with Gasteiger partial charge in [0.05, 0.1) is 4.53 Å². The third-order valence-corrected chi connectivity index (χ3v) is 4.39. The van der Waals surface area contributed by atoms with Crippen molar-refractivity contribution in [2.75, 3.05) is 0 Å². The number of benzene rings is 2. The molecular weight excluding hydrogens is 332 g/mol. The van der Waals surface area contributed by atoms with Crippen molar-refractivity contribution >= 4 is 22.4 Å². The van der Waals surface area contributed by atoms with E-state index in [-0.39, 0.29) is 17.2 Å². The van der Waals surface area contributed by atoms with Crippen molar-refractivity contribution in [3.63, 3.8) is 0 Å². The van der Waals surface area contributed by atoms with Crippen molar-refractivity contribution in [3.8, 4) is 11.4 Å². The van der Waals surface area contributed by atoms with Crippen LogP contribution < -0.4 is 10.1 Å². The molecule has 2 heterocycles. The minimum absolute atomic E-state index is 0.319. The number of hydrogen-bond donors (Lipinski definition) is 0. The predicted molar refractivity (Wildman–Crippen MR) is 87.7 cm³/mol. The van der Waals surface area contributed by atoms with Gasteiger partial charge in [-0.25, -0.2) is 8.78 Å². The van der Waals surface area contributed by atoms with Gasteiger partial charge in [-0.15, -0.1) is 5.10 Å². The molecule has 0 saturated carbocycles. The van der Waals surface area contributed by atoms with Crippen molar-refractivity contribution < 1.29 is 8.78 Å². The summed E-state index contributed by atoms with van der Waals surface area (Å²) in [6.07, 6.45) is 1.60. The number of rotatable bonds is 2. The molecule has 4 rings (SSSR count). The molecule has 4 nitrogen and oxygen atoms in total. The first-order valence-corrected chi connectivity index (χ1v) is 7.84. The second-order valence-electron chi connectivity index (χ2n) is 5.11. The fourth-order valence-electron chi connectivity index (χ4n) is 2.30. The van der Waals surface area contributed by atoms with Crippen LogP contribution in [0.5, 0.6) is 0 Å². The topological polar surface area (TPSA) is 47.3 Å². The predicted octanol–water partition coefficient (Wildman–Crippen LogP) is 2.64. The first-order valence-electron chi connectivity index (χ1n) is 7.03. The van der Waals surface area contributed by atoms with Crippen LogP contribution in [0.2, 0.25) is 0 Å². The number of halogens is 2. The number of hydrogen-bond acceptors (Lipinski definition) is 4. The molecule has 0 amide bonds. The monoisotopic (exact) mass is 341 g/mol. The van der Waals surface area contributed by atoms with Gasteiger partial charge in [0.2, 0.25) is 4.96 Å². The summed E-state index contributed by atoms with van der Waals surface area (Å²) < 4.78 is 27.8. The quantitative estimate of drug-likeness (QED) is 0.563. The molecule has 118 valence electrons. The SMILES string of the molecule is O=c1/c(=C\c2cccc(F)c2)sc2nc(-c3ccc(F)cc3)nn12. The molecule has 0 radical (unpaired) electrons. The van der Waals surface area contributed by atoms with Gasteiger partial charge in [0.1, 0.15) is 11.6 Å². The van der Waals surface area contributed by atoms with Gasteiger partial charge in [0, 0.05) is 5.56 Å². The van der Waals surface area contributed by atoms with Gasteiger partial charge in [-0.05, 0) is 48.0 Å². The Kier molecular flexibility index (Phi) is 3.42.